The Kier molecular flexibility index (Phi) is 4.23. The van der Waals surface area contributed by atoms with E-state index in [0.717, 1.165) is 6.54 Å². The van der Waals surface area contributed by atoms with Gasteiger partial charge in [0.2, 0.25) is 0 Å². The first kappa shape index (κ1) is 13.1. The molecule has 0 bridgehead atoms. The van der Waals surface area contributed by atoms with Crippen LogP contribution in [-0.4, -0.2) is 24.5 Å². The quantitative estimate of drug-likeness (QED) is 0.871. The van der Waals surface area contributed by atoms with Crippen LogP contribution in [0, 0.1) is 5.41 Å². The fraction of sp³-hybridized carbons (Fsp3) is 0.714. The van der Waals surface area contributed by atoms with Crippen molar-refractivity contribution in [2.75, 3.05) is 19.6 Å². The van der Waals surface area contributed by atoms with Crippen LogP contribution in [0.3, 0.4) is 0 Å². The molecule has 1 fully saturated rings. The molecule has 0 saturated carbocycles. The molecule has 1 atom stereocenters. The van der Waals surface area contributed by atoms with E-state index in [9.17, 15) is 0 Å². The number of hydrogen-bond acceptors (Lipinski definition) is 3. The maximum atomic E-state index is 5.98. The SMILES string of the molecule is CCC1(CC)CCN(C(CN)c2ccsc2)C1. The van der Waals surface area contributed by atoms with Crippen LogP contribution in [0.5, 0.6) is 0 Å². The number of thiophene rings is 1. The first-order valence-electron chi connectivity index (χ1n) is 6.71. The van der Waals surface area contributed by atoms with Crippen molar-refractivity contribution in [3.8, 4) is 0 Å². The Morgan fingerprint density at radius 1 is 1.47 bits per heavy atom. The smallest absolute Gasteiger partial charge is 0.0478 e. The zero-order valence-corrected chi connectivity index (χ0v) is 11.8. The Balaban J connectivity index is 2.08. The topological polar surface area (TPSA) is 29.3 Å². The number of nitrogens with two attached hydrogens (primary N) is 1. The molecule has 3 heteroatoms. The van der Waals surface area contributed by atoms with Crippen LogP contribution >= 0.6 is 11.3 Å². The van der Waals surface area contributed by atoms with Crippen LogP contribution in [0.4, 0.5) is 0 Å². The Hall–Kier alpha value is -0.380. The minimum absolute atomic E-state index is 0.432. The summed E-state index contributed by atoms with van der Waals surface area (Å²) in [6, 6.07) is 2.65. The third kappa shape index (κ3) is 2.56. The lowest BCUT2D eigenvalue weighted by Crippen LogP contribution is -2.33. The average Bonchev–Trinajstić information content (AvgIpc) is 3.00. The molecule has 0 spiro atoms. The summed E-state index contributed by atoms with van der Waals surface area (Å²) in [5.41, 5.74) is 7.93. The van der Waals surface area contributed by atoms with E-state index in [4.69, 9.17) is 5.73 Å². The van der Waals surface area contributed by atoms with Crippen molar-refractivity contribution in [1.29, 1.82) is 0 Å². The molecular formula is C14H24N2S. The van der Waals surface area contributed by atoms with Crippen LogP contribution in [0.25, 0.3) is 0 Å². The third-order valence-electron chi connectivity index (χ3n) is 4.56. The molecular weight excluding hydrogens is 228 g/mol. The van der Waals surface area contributed by atoms with Gasteiger partial charge in [-0.25, -0.2) is 0 Å². The van der Waals surface area contributed by atoms with E-state index in [1.807, 2.05) is 0 Å². The first-order chi connectivity index (χ1) is 8.24. The lowest BCUT2D eigenvalue weighted by atomic mass is 9.82. The zero-order valence-electron chi connectivity index (χ0n) is 11.0. The molecule has 96 valence electrons. The standard InChI is InChI=1S/C14H24N2S/c1-3-14(4-2)6-7-16(11-14)13(9-15)12-5-8-17-10-12/h5,8,10,13H,3-4,6-7,9,11,15H2,1-2H3. The van der Waals surface area contributed by atoms with E-state index >= 15 is 0 Å². The molecule has 0 amide bonds. The van der Waals surface area contributed by atoms with Gasteiger partial charge in [-0.05, 0) is 53.6 Å². The lowest BCUT2D eigenvalue weighted by molar-refractivity contribution is 0.198. The van der Waals surface area contributed by atoms with Crippen LogP contribution in [-0.2, 0) is 0 Å². The molecule has 1 saturated heterocycles. The molecule has 2 rings (SSSR count). The molecule has 1 aliphatic rings. The number of rotatable bonds is 5. The van der Waals surface area contributed by atoms with E-state index in [0.29, 0.717) is 11.5 Å². The minimum Gasteiger partial charge on any atom is -0.329 e. The molecule has 17 heavy (non-hydrogen) atoms. The van der Waals surface area contributed by atoms with Crippen molar-refractivity contribution < 1.29 is 0 Å². The average molecular weight is 252 g/mol. The van der Waals surface area contributed by atoms with Gasteiger partial charge >= 0.3 is 0 Å². The van der Waals surface area contributed by atoms with Crippen molar-refractivity contribution in [3.63, 3.8) is 0 Å². The molecule has 2 N–H and O–H groups in total. The first-order valence-corrected chi connectivity index (χ1v) is 7.65. The highest BCUT2D eigenvalue weighted by Crippen LogP contribution is 2.40. The van der Waals surface area contributed by atoms with Gasteiger partial charge in [0, 0.05) is 19.1 Å². The second kappa shape index (κ2) is 5.51. The molecule has 2 heterocycles. The van der Waals surface area contributed by atoms with Crippen LogP contribution in [0.15, 0.2) is 16.8 Å². The second-order valence-electron chi connectivity index (χ2n) is 5.24. The number of nitrogens with zero attached hydrogens (tertiary/aromatic N) is 1. The van der Waals surface area contributed by atoms with Gasteiger partial charge in [-0.3, -0.25) is 4.90 Å². The maximum absolute atomic E-state index is 5.98. The summed E-state index contributed by atoms with van der Waals surface area (Å²) in [5.74, 6) is 0. The van der Waals surface area contributed by atoms with Crippen LogP contribution in [0.1, 0.15) is 44.7 Å². The van der Waals surface area contributed by atoms with Crippen molar-refractivity contribution >= 4 is 11.3 Å². The van der Waals surface area contributed by atoms with Crippen molar-refractivity contribution in [2.45, 2.75) is 39.2 Å². The second-order valence-corrected chi connectivity index (χ2v) is 6.02. The fourth-order valence-corrected chi connectivity index (χ4v) is 3.73. The lowest BCUT2D eigenvalue weighted by Gasteiger charge is -2.30. The molecule has 2 nitrogen and oxygen atoms in total. The number of hydrogen-bond donors (Lipinski definition) is 1. The Bertz CT molecular complexity index is 330. The molecule has 0 radical (unpaired) electrons. The van der Waals surface area contributed by atoms with Gasteiger partial charge in [-0.2, -0.15) is 11.3 Å². The van der Waals surface area contributed by atoms with E-state index in [-0.39, 0.29) is 0 Å². The van der Waals surface area contributed by atoms with E-state index < -0.39 is 0 Å². The summed E-state index contributed by atoms with van der Waals surface area (Å²) < 4.78 is 0. The molecule has 1 aliphatic heterocycles. The van der Waals surface area contributed by atoms with Crippen molar-refractivity contribution in [3.05, 3.63) is 22.4 Å². The van der Waals surface area contributed by atoms with E-state index in [1.54, 1.807) is 11.3 Å². The third-order valence-corrected chi connectivity index (χ3v) is 5.26. The largest absolute Gasteiger partial charge is 0.329 e. The molecule has 0 aromatic carbocycles. The van der Waals surface area contributed by atoms with Gasteiger partial charge in [0.15, 0.2) is 0 Å². The summed E-state index contributed by atoms with van der Waals surface area (Å²) >= 11 is 1.77. The summed E-state index contributed by atoms with van der Waals surface area (Å²) in [6.45, 7) is 7.82. The van der Waals surface area contributed by atoms with Crippen molar-refractivity contribution in [2.24, 2.45) is 11.1 Å². The highest BCUT2D eigenvalue weighted by atomic mass is 32.1. The van der Waals surface area contributed by atoms with E-state index in [1.165, 1.54) is 37.9 Å². The maximum Gasteiger partial charge on any atom is 0.0478 e. The number of likely N-dealkylation sites (tertiary alicyclic amines) is 1. The normalized spacial score (nSPS) is 21.8. The Labute approximate surface area is 109 Å². The monoisotopic (exact) mass is 252 g/mol. The molecule has 0 aliphatic carbocycles. The van der Waals surface area contributed by atoms with Gasteiger partial charge in [0.1, 0.15) is 0 Å². The predicted octanol–water partition coefficient (Wildman–Crippen LogP) is 3.26. The van der Waals surface area contributed by atoms with Gasteiger partial charge in [-0.1, -0.05) is 13.8 Å². The summed E-state index contributed by atoms with van der Waals surface area (Å²) in [6.07, 6.45) is 3.92. The molecule has 1 aromatic heterocycles. The highest BCUT2D eigenvalue weighted by Gasteiger charge is 2.37. The summed E-state index contributed by atoms with van der Waals surface area (Å²) in [4.78, 5) is 2.59. The Morgan fingerprint density at radius 2 is 2.24 bits per heavy atom. The predicted molar refractivity (Wildman–Crippen MR) is 75.3 cm³/mol. The van der Waals surface area contributed by atoms with Gasteiger partial charge in [0.25, 0.3) is 0 Å². The fourth-order valence-electron chi connectivity index (χ4n) is 3.02. The summed E-state index contributed by atoms with van der Waals surface area (Å²) in [7, 11) is 0. The highest BCUT2D eigenvalue weighted by molar-refractivity contribution is 7.07. The molecule has 1 unspecified atom stereocenters. The van der Waals surface area contributed by atoms with Crippen molar-refractivity contribution in [1.82, 2.24) is 4.90 Å². The van der Waals surface area contributed by atoms with Gasteiger partial charge in [-0.15, -0.1) is 0 Å². The zero-order chi connectivity index (χ0) is 12.3. The van der Waals surface area contributed by atoms with Gasteiger partial charge in [0.05, 0.1) is 0 Å². The molecule has 1 aromatic rings. The summed E-state index contributed by atoms with van der Waals surface area (Å²) in [5, 5.41) is 4.40. The van der Waals surface area contributed by atoms with Crippen LogP contribution in [0.2, 0.25) is 0 Å². The van der Waals surface area contributed by atoms with Gasteiger partial charge < -0.3 is 5.73 Å². The van der Waals surface area contributed by atoms with E-state index in [2.05, 4.69) is 35.6 Å². The Morgan fingerprint density at radius 3 is 2.71 bits per heavy atom. The minimum atomic E-state index is 0.432. The van der Waals surface area contributed by atoms with Crippen LogP contribution < -0.4 is 5.73 Å².